The van der Waals surface area contributed by atoms with Gasteiger partial charge in [-0.3, -0.25) is 0 Å². The van der Waals surface area contributed by atoms with Crippen molar-refractivity contribution in [3.63, 3.8) is 0 Å². The highest BCUT2D eigenvalue weighted by Crippen LogP contribution is 2.28. The van der Waals surface area contributed by atoms with E-state index < -0.39 is 4.92 Å². The fourth-order valence-electron chi connectivity index (χ4n) is 1.33. The number of nitro groups is 1. The average molecular weight is 230 g/mol. The Kier molecular flexibility index (Phi) is 3.00. The average Bonchev–Trinajstić information content (AvgIpc) is 2.32. The van der Waals surface area contributed by atoms with Crippen LogP contribution in [0, 0.1) is 17.0 Å². The zero-order valence-electron chi connectivity index (χ0n) is 9.16. The van der Waals surface area contributed by atoms with E-state index in [0.29, 0.717) is 5.75 Å². The maximum Gasteiger partial charge on any atom is 0.406 e. The molecule has 0 saturated carbocycles. The minimum Gasteiger partial charge on any atom is -0.448 e. The summed E-state index contributed by atoms with van der Waals surface area (Å²) in [6, 6.07) is 10.4. The molecule has 0 N–H and O–H groups in total. The van der Waals surface area contributed by atoms with Gasteiger partial charge in [0.05, 0.1) is 0 Å². The van der Waals surface area contributed by atoms with Crippen molar-refractivity contribution >= 4 is 5.82 Å². The summed E-state index contributed by atoms with van der Waals surface area (Å²) in [5.74, 6) is 0.404. The number of hydrogen-bond donors (Lipinski definition) is 0. The summed E-state index contributed by atoms with van der Waals surface area (Å²) in [7, 11) is 0. The van der Waals surface area contributed by atoms with Crippen LogP contribution >= 0.6 is 0 Å². The van der Waals surface area contributed by atoms with Crippen molar-refractivity contribution < 1.29 is 9.66 Å². The molecule has 0 fully saturated rings. The number of aromatic nitrogens is 1. The van der Waals surface area contributed by atoms with Crippen LogP contribution in [0.1, 0.15) is 5.56 Å². The summed E-state index contributed by atoms with van der Waals surface area (Å²) >= 11 is 0. The van der Waals surface area contributed by atoms with E-state index >= 15 is 0 Å². The molecule has 2 rings (SSSR count). The van der Waals surface area contributed by atoms with E-state index in [4.69, 9.17) is 4.74 Å². The van der Waals surface area contributed by atoms with Crippen molar-refractivity contribution in [3.8, 4) is 11.5 Å². The summed E-state index contributed by atoms with van der Waals surface area (Å²) in [5, 5.41) is 10.7. The van der Waals surface area contributed by atoms with Gasteiger partial charge in [0.2, 0.25) is 5.75 Å². The summed E-state index contributed by atoms with van der Waals surface area (Å²) in [4.78, 5) is 13.8. The van der Waals surface area contributed by atoms with E-state index in [1.165, 1.54) is 12.3 Å². The van der Waals surface area contributed by atoms with Gasteiger partial charge in [-0.25, -0.2) is 0 Å². The highest BCUT2D eigenvalue weighted by molar-refractivity contribution is 5.42. The third-order valence-corrected chi connectivity index (χ3v) is 2.17. The summed E-state index contributed by atoms with van der Waals surface area (Å²) in [6.45, 7) is 1.95. The fourth-order valence-corrected chi connectivity index (χ4v) is 1.33. The maximum absolute atomic E-state index is 10.7. The first-order chi connectivity index (χ1) is 8.16. The van der Waals surface area contributed by atoms with E-state index in [1.54, 1.807) is 18.2 Å². The number of ether oxygens (including phenoxy) is 1. The van der Waals surface area contributed by atoms with Crippen LogP contribution in [-0.4, -0.2) is 9.91 Å². The Morgan fingerprint density at radius 2 is 1.94 bits per heavy atom. The minimum atomic E-state index is -0.566. The van der Waals surface area contributed by atoms with E-state index in [1.807, 2.05) is 19.1 Å². The van der Waals surface area contributed by atoms with Gasteiger partial charge in [-0.15, -0.1) is 0 Å². The van der Waals surface area contributed by atoms with Crippen molar-refractivity contribution in [2.75, 3.05) is 0 Å². The molecule has 0 unspecified atom stereocenters. The number of hydrogen-bond acceptors (Lipinski definition) is 4. The highest BCUT2D eigenvalue weighted by atomic mass is 16.6. The second-order valence-corrected chi connectivity index (χ2v) is 3.50. The molecule has 0 amide bonds. The Labute approximate surface area is 97.8 Å². The lowest BCUT2D eigenvalue weighted by atomic mass is 10.2. The number of nitrogens with zero attached hydrogens (tertiary/aromatic N) is 2. The van der Waals surface area contributed by atoms with Gasteiger partial charge in [-0.1, -0.05) is 17.7 Å². The Bertz CT molecular complexity index is 538. The zero-order chi connectivity index (χ0) is 12.3. The Hall–Kier alpha value is -2.43. The molecule has 17 heavy (non-hydrogen) atoms. The predicted molar refractivity (Wildman–Crippen MR) is 62.1 cm³/mol. The van der Waals surface area contributed by atoms with Crippen LogP contribution in [0.3, 0.4) is 0 Å². The Morgan fingerprint density at radius 3 is 2.59 bits per heavy atom. The lowest BCUT2D eigenvalue weighted by Crippen LogP contribution is -1.95. The van der Waals surface area contributed by atoms with E-state index in [2.05, 4.69) is 4.98 Å². The molecule has 0 bridgehead atoms. The summed E-state index contributed by atoms with van der Waals surface area (Å²) in [5.41, 5.74) is 1.10. The van der Waals surface area contributed by atoms with Crippen molar-refractivity contribution in [1.82, 2.24) is 4.98 Å². The van der Waals surface area contributed by atoms with Crippen LogP contribution in [0.4, 0.5) is 5.82 Å². The highest BCUT2D eigenvalue weighted by Gasteiger charge is 2.15. The SMILES string of the molecule is Cc1ccc(Oc2cccnc2[N+](=O)[O-])cc1. The van der Waals surface area contributed by atoms with Crippen LogP contribution in [0.25, 0.3) is 0 Å². The van der Waals surface area contributed by atoms with E-state index in [9.17, 15) is 10.1 Å². The lowest BCUT2D eigenvalue weighted by molar-refractivity contribution is -0.390. The van der Waals surface area contributed by atoms with E-state index in [0.717, 1.165) is 5.56 Å². The van der Waals surface area contributed by atoms with Crippen LogP contribution in [0.2, 0.25) is 0 Å². The van der Waals surface area contributed by atoms with E-state index in [-0.39, 0.29) is 11.6 Å². The molecule has 0 aliphatic carbocycles. The molecule has 0 aliphatic rings. The molecule has 1 aromatic carbocycles. The van der Waals surface area contributed by atoms with Gasteiger partial charge in [0.25, 0.3) is 0 Å². The zero-order valence-corrected chi connectivity index (χ0v) is 9.16. The fraction of sp³-hybridized carbons (Fsp3) is 0.0833. The molecule has 0 atom stereocenters. The summed E-state index contributed by atoms with van der Waals surface area (Å²) < 4.78 is 5.42. The Morgan fingerprint density at radius 1 is 1.24 bits per heavy atom. The second-order valence-electron chi connectivity index (χ2n) is 3.50. The first-order valence-electron chi connectivity index (χ1n) is 5.01. The third-order valence-electron chi connectivity index (χ3n) is 2.17. The lowest BCUT2D eigenvalue weighted by Gasteiger charge is -2.05. The molecule has 0 saturated heterocycles. The topological polar surface area (TPSA) is 65.3 Å². The number of pyridine rings is 1. The first-order valence-corrected chi connectivity index (χ1v) is 5.01. The van der Waals surface area contributed by atoms with Gasteiger partial charge in [0.15, 0.2) is 0 Å². The summed E-state index contributed by atoms with van der Waals surface area (Å²) in [6.07, 6.45) is 1.36. The largest absolute Gasteiger partial charge is 0.448 e. The minimum absolute atomic E-state index is 0.140. The van der Waals surface area contributed by atoms with Crippen LogP contribution in [-0.2, 0) is 0 Å². The molecule has 0 radical (unpaired) electrons. The van der Waals surface area contributed by atoms with Gasteiger partial charge in [0, 0.05) is 0 Å². The molecular formula is C12H10N2O3. The van der Waals surface area contributed by atoms with Gasteiger partial charge in [-0.2, -0.15) is 0 Å². The monoisotopic (exact) mass is 230 g/mol. The van der Waals surface area contributed by atoms with Gasteiger partial charge in [-0.05, 0) is 41.1 Å². The molecule has 2 aromatic rings. The maximum atomic E-state index is 10.7. The van der Waals surface area contributed by atoms with Gasteiger partial charge < -0.3 is 14.9 Å². The van der Waals surface area contributed by atoms with Crippen LogP contribution in [0.5, 0.6) is 11.5 Å². The van der Waals surface area contributed by atoms with Crippen molar-refractivity contribution in [2.45, 2.75) is 6.92 Å². The second kappa shape index (κ2) is 4.61. The molecule has 86 valence electrons. The third kappa shape index (κ3) is 2.57. The van der Waals surface area contributed by atoms with Crippen molar-refractivity contribution in [3.05, 3.63) is 58.3 Å². The standard InChI is InChI=1S/C12H10N2O3/c1-9-4-6-10(7-5-9)17-11-3-2-8-13-12(11)14(15)16/h2-8H,1H3. The molecule has 1 heterocycles. The normalized spacial score (nSPS) is 9.94. The molecule has 1 aromatic heterocycles. The molecule has 5 nitrogen and oxygen atoms in total. The van der Waals surface area contributed by atoms with Gasteiger partial charge >= 0.3 is 5.82 Å². The smallest absolute Gasteiger partial charge is 0.406 e. The van der Waals surface area contributed by atoms with Crippen LogP contribution in [0.15, 0.2) is 42.6 Å². The first kappa shape index (κ1) is 11.1. The molecular weight excluding hydrogens is 220 g/mol. The van der Waals surface area contributed by atoms with Crippen LogP contribution < -0.4 is 4.74 Å². The molecule has 0 aliphatic heterocycles. The quantitative estimate of drug-likeness (QED) is 0.600. The molecule has 0 spiro atoms. The number of aryl methyl sites for hydroxylation is 1. The van der Waals surface area contributed by atoms with Gasteiger partial charge in [0.1, 0.15) is 11.9 Å². The Balaban J connectivity index is 2.30. The predicted octanol–water partition coefficient (Wildman–Crippen LogP) is 3.09. The van der Waals surface area contributed by atoms with Crippen molar-refractivity contribution in [2.24, 2.45) is 0 Å². The van der Waals surface area contributed by atoms with Crippen molar-refractivity contribution in [1.29, 1.82) is 0 Å². The molecule has 5 heteroatoms. The number of benzene rings is 1. The number of rotatable bonds is 3.